The minimum atomic E-state index is -4.75. The topological polar surface area (TPSA) is 72.2 Å². The zero-order valence-corrected chi connectivity index (χ0v) is 17.4. The van der Waals surface area contributed by atoms with Gasteiger partial charge in [0.1, 0.15) is 5.02 Å². The molecule has 33 heavy (non-hydrogen) atoms. The van der Waals surface area contributed by atoms with Crippen LogP contribution in [0.1, 0.15) is 16.2 Å². The van der Waals surface area contributed by atoms with Gasteiger partial charge in [0.05, 0.1) is 23.1 Å². The van der Waals surface area contributed by atoms with Crippen molar-refractivity contribution in [2.24, 2.45) is 0 Å². The van der Waals surface area contributed by atoms with Gasteiger partial charge < -0.3 is 5.32 Å². The van der Waals surface area contributed by atoms with Gasteiger partial charge in [-0.2, -0.15) is 18.3 Å². The standard InChI is InChI=1S/C23H13ClF3N5O/c24-19-20(22(33)29-15-10-14-8-4-5-9-16(14)28-12-15)31-32-18(23(25,26)27)11-17(30-21(19)32)13-6-2-1-3-7-13/h1-12H,(H,29,33). The van der Waals surface area contributed by atoms with Crippen molar-refractivity contribution >= 4 is 39.7 Å². The lowest BCUT2D eigenvalue weighted by atomic mass is 10.1. The molecule has 0 atom stereocenters. The molecule has 1 N–H and O–H groups in total. The molecule has 3 aromatic heterocycles. The largest absolute Gasteiger partial charge is 0.433 e. The maximum absolute atomic E-state index is 13.8. The number of alkyl halides is 3. The van der Waals surface area contributed by atoms with E-state index in [1.54, 1.807) is 36.4 Å². The normalized spacial score (nSPS) is 11.8. The molecule has 0 fully saturated rings. The molecule has 3 heterocycles. The SMILES string of the molecule is O=C(Nc1cnc2ccccc2c1)c1nn2c(C(F)(F)F)cc(-c3ccccc3)nc2c1Cl. The van der Waals surface area contributed by atoms with Crippen molar-refractivity contribution in [2.45, 2.75) is 6.18 Å². The summed E-state index contributed by atoms with van der Waals surface area (Å²) in [5.41, 5.74) is -0.145. The Labute approximate surface area is 189 Å². The summed E-state index contributed by atoms with van der Waals surface area (Å²) >= 11 is 6.31. The lowest BCUT2D eigenvalue weighted by Gasteiger charge is -2.11. The molecule has 0 spiro atoms. The lowest BCUT2D eigenvalue weighted by molar-refractivity contribution is -0.142. The molecule has 10 heteroatoms. The summed E-state index contributed by atoms with van der Waals surface area (Å²) in [7, 11) is 0. The number of rotatable bonds is 3. The molecule has 5 aromatic rings. The number of carbonyl (C=O) groups excluding carboxylic acids is 1. The molecule has 0 aliphatic rings. The van der Waals surface area contributed by atoms with Crippen LogP contribution in [-0.2, 0) is 6.18 Å². The number of nitrogens with one attached hydrogen (secondary N) is 1. The van der Waals surface area contributed by atoms with Crippen LogP contribution in [0.5, 0.6) is 0 Å². The van der Waals surface area contributed by atoms with Gasteiger partial charge in [-0.3, -0.25) is 9.78 Å². The molecule has 164 valence electrons. The first-order valence-electron chi connectivity index (χ1n) is 9.69. The average Bonchev–Trinajstić information content (AvgIpc) is 3.15. The summed E-state index contributed by atoms with van der Waals surface area (Å²) in [4.78, 5) is 21.3. The highest BCUT2D eigenvalue weighted by Gasteiger charge is 2.36. The number of hydrogen-bond acceptors (Lipinski definition) is 4. The van der Waals surface area contributed by atoms with Crippen molar-refractivity contribution in [3.8, 4) is 11.3 Å². The molecule has 5 rings (SSSR count). The second-order valence-corrected chi connectivity index (χ2v) is 7.54. The molecule has 6 nitrogen and oxygen atoms in total. The number of halogens is 4. The number of benzene rings is 2. The Hall–Kier alpha value is -3.98. The molecule has 1 amide bonds. The maximum Gasteiger partial charge on any atom is 0.433 e. The van der Waals surface area contributed by atoms with Crippen LogP contribution in [0.3, 0.4) is 0 Å². The molecule has 0 radical (unpaired) electrons. The van der Waals surface area contributed by atoms with Crippen molar-refractivity contribution in [2.75, 3.05) is 5.32 Å². The van der Waals surface area contributed by atoms with Gasteiger partial charge in [-0.25, -0.2) is 9.50 Å². The molecule has 0 saturated carbocycles. The summed E-state index contributed by atoms with van der Waals surface area (Å²) in [6, 6.07) is 18.2. The number of amides is 1. The van der Waals surface area contributed by atoms with E-state index in [2.05, 4.69) is 20.4 Å². The van der Waals surface area contributed by atoms with Gasteiger partial charge in [0.25, 0.3) is 5.91 Å². The van der Waals surface area contributed by atoms with E-state index in [9.17, 15) is 18.0 Å². The molecule has 0 saturated heterocycles. The highest BCUT2D eigenvalue weighted by atomic mass is 35.5. The molecule has 2 aromatic carbocycles. The Bertz CT molecular complexity index is 1520. The van der Waals surface area contributed by atoms with Crippen molar-refractivity contribution in [1.29, 1.82) is 0 Å². The van der Waals surface area contributed by atoms with Gasteiger partial charge in [-0.05, 0) is 18.2 Å². The van der Waals surface area contributed by atoms with Crippen LogP contribution in [0.15, 0.2) is 72.9 Å². The van der Waals surface area contributed by atoms with Crippen molar-refractivity contribution in [1.82, 2.24) is 19.6 Å². The summed E-state index contributed by atoms with van der Waals surface area (Å²) in [5, 5.41) is 6.92. The minimum Gasteiger partial charge on any atom is -0.319 e. The van der Waals surface area contributed by atoms with Gasteiger partial charge in [-0.15, -0.1) is 0 Å². The molecule has 0 bridgehead atoms. The monoisotopic (exact) mass is 467 g/mol. The number of pyridine rings is 1. The molecular weight excluding hydrogens is 455 g/mol. The predicted molar refractivity (Wildman–Crippen MR) is 118 cm³/mol. The van der Waals surface area contributed by atoms with E-state index in [0.29, 0.717) is 15.8 Å². The van der Waals surface area contributed by atoms with Crippen LogP contribution >= 0.6 is 11.6 Å². The first kappa shape index (κ1) is 20.9. The Balaban J connectivity index is 1.59. The number of aromatic nitrogens is 4. The van der Waals surface area contributed by atoms with Crippen molar-refractivity contribution in [3.05, 3.63) is 89.3 Å². The first-order valence-corrected chi connectivity index (χ1v) is 10.1. The van der Waals surface area contributed by atoms with E-state index in [4.69, 9.17) is 11.6 Å². The van der Waals surface area contributed by atoms with Gasteiger partial charge in [0.15, 0.2) is 17.0 Å². The fraction of sp³-hybridized carbons (Fsp3) is 0.0435. The van der Waals surface area contributed by atoms with Crippen LogP contribution in [-0.4, -0.2) is 25.5 Å². The van der Waals surface area contributed by atoms with E-state index in [-0.39, 0.29) is 22.1 Å². The number of nitrogens with zero attached hydrogens (tertiary/aromatic N) is 4. The third-order valence-corrected chi connectivity index (χ3v) is 5.30. The van der Waals surface area contributed by atoms with Gasteiger partial charge in [-0.1, -0.05) is 60.1 Å². The van der Waals surface area contributed by atoms with Gasteiger partial charge >= 0.3 is 6.18 Å². The average molecular weight is 468 g/mol. The number of anilines is 1. The zero-order chi connectivity index (χ0) is 23.2. The second kappa shape index (κ2) is 7.86. The van der Waals surface area contributed by atoms with E-state index in [0.717, 1.165) is 17.0 Å². The Morgan fingerprint density at radius 3 is 2.48 bits per heavy atom. The highest BCUT2D eigenvalue weighted by Crippen LogP contribution is 2.34. The van der Waals surface area contributed by atoms with Crippen LogP contribution in [0.25, 0.3) is 27.8 Å². The van der Waals surface area contributed by atoms with Crippen LogP contribution in [0, 0.1) is 0 Å². The summed E-state index contributed by atoms with van der Waals surface area (Å²) in [5.74, 6) is -0.781. The van der Waals surface area contributed by atoms with E-state index in [1.807, 2.05) is 24.3 Å². The van der Waals surface area contributed by atoms with E-state index in [1.165, 1.54) is 6.20 Å². The zero-order valence-electron chi connectivity index (χ0n) is 16.6. The van der Waals surface area contributed by atoms with Gasteiger partial charge in [0.2, 0.25) is 0 Å². The summed E-state index contributed by atoms with van der Waals surface area (Å²) in [6.07, 6.45) is -3.31. The molecule has 0 aliphatic carbocycles. The smallest absolute Gasteiger partial charge is 0.319 e. The third-order valence-electron chi connectivity index (χ3n) is 4.96. The third kappa shape index (κ3) is 3.87. The number of hydrogen-bond donors (Lipinski definition) is 1. The Kier molecular flexibility index (Phi) is 4.98. The van der Waals surface area contributed by atoms with E-state index >= 15 is 0 Å². The molecule has 0 unspecified atom stereocenters. The highest BCUT2D eigenvalue weighted by molar-refractivity contribution is 6.37. The number of fused-ring (bicyclic) bond motifs is 2. The minimum absolute atomic E-state index is 0.0583. The fourth-order valence-corrected chi connectivity index (χ4v) is 3.67. The fourth-order valence-electron chi connectivity index (χ4n) is 3.43. The second-order valence-electron chi connectivity index (χ2n) is 7.16. The lowest BCUT2D eigenvalue weighted by Crippen LogP contribution is -2.16. The predicted octanol–water partition coefficient (Wildman–Crippen LogP) is 5.87. The Morgan fingerprint density at radius 1 is 1.00 bits per heavy atom. The number of carbonyl (C=O) groups is 1. The van der Waals surface area contributed by atoms with Crippen molar-refractivity contribution in [3.63, 3.8) is 0 Å². The van der Waals surface area contributed by atoms with Crippen molar-refractivity contribution < 1.29 is 18.0 Å². The maximum atomic E-state index is 13.8. The Morgan fingerprint density at radius 2 is 1.73 bits per heavy atom. The van der Waals surface area contributed by atoms with Gasteiger partial charge in [0, 0.05) is 10.9 Å². The molecular formula is C23H13ClF3N5O. The summed E-state index contributed by atoms with van der Waals surface area (Å²) < 4.78 is 42.0. The quantitative estimate of drug-likeness (QED) is 0.360. The van der Waals surface area contributed by atoms with Crippen LogP contribution in [0.2, 0.25) is 5.02 Å². The van der Waals surface area contributed by atoms with E-state index < -0.39 is 17.8 Å². The summed E-state index contributed by atoms with van der Waals surface area (Å²) in [6.45, 7) is 0. The first-order chi connectivity index (χ1) is 15.8. The molecule has 0 aliphatic heterocycles. The van der Waals surface area contributed by atoms with Crippen LogP contribution in [0.4, 0.5) is 18.9 Å². The number of para-hydroxylation sites is 1. The van der Waals surface area contributed by atoms with Crippen LogP contribution < -0.4 is 5.32 Å².